The summed E-state index contributed by atoms with van der Waals surface area (Å²) in [6.45, 7) is 0.895. The van der Waals surface area contributed by atoms with Gasteiger partial charge in [0.05, 0.1) is 23.6 Å². The Labute approximate surface area is 332 Å². The fourth-order valence-corrected chi connectivity index (χ4v) is 7.48. The number of hydrogen-bond donors (Lipinski definition) is 6. The Kier molecular flexibility index (Phi) is 10.6. The van der Waals surface area contributed by atoms with Crippen LogP contribution in [-0.2, 0) is 35.3 Å². The van der Waals surface area contributed by atoms with Gasteiger partial charge < -0.3 is 41.7 Å². The average Bonchev–Trinajstić information content (AvgIpc) is 3.92. The molecule has 4 aromatic rings. The molecule has 0 unspecified atom stereocenters. The Balaban J connectivity index is 0.000000177. The lowest BCUT2D eigenvalue weighted by atomic mass is 9.93. The molecule has 0 saturated carbocycles. The van der Waals surface area contributed by atoms with Crippen molar-refractivity contribution in [1.29, 1.82) is 0 Å². The van der Waals surface area contributed by atoms with Gasteiger partial charge in [0.2, 0.25) is 11.2 Å². The number of fused-ring (bicyclic) bond motifs is 2. The number of likely N-dealkylation sites (tertiary alicyclic amines) is 2. The fraction of sp³-hybridized carbons (Fsp3) is 0.400. The number of hydrogen-bond acceptors (Lipinski definition) is 12. The second-order valence-electron chi connectivity index (χ2n) is 14.9. The number of aliphatic hydroxyl groups excluding tert-OH is 2. The van der Waals surface area contributed by atoms with Crippen LogP contribution >= 0.6 is 0 Å². The van der Waals surface area contributed by atoms with E-state index in [1.807, 2.05) is 0 Å². The molecule has 4 aromatic heterocycles. The summed E-state index contributed by atoms with van der Waals surface area (Å²) in [5.74, 6) is 9.75. The van der Waals surface area contributed by atoms with Crippen LogP contribution < -0.4 is 11.5 Å². The molecule has 2 fully saturated rings. The highest BCUT2D eigenvalue weighted by Crippen LogP contribution is 2.29. The molecule has 18 heteroatoms. The molecular formula is C40H42N10O8. The number of primary amides is 2. The Hall–Kier alpha value is -6.44. The Morgan fingerprint density at radius 2 is 1.12 bits per heavy atom. The molecule has 0 radical (unpaired) electrons. The van der Waals surface area contributed by atoms with Gasteiger partial charge in [-0.3, -0.25) is 19.2 Å². The standard InChI is InChI=1S/2C20H21N5O4/c2*1-24-9-7-20(29,19(24)28)6-4-12-5-8-22-16(10-12)25-15-11-13(26)2-3-14(15)17(23-25)18(21)27/h2*5,8,10,13,26,29H,2-3,7,9,11H2,1H3,(H2,21,27)/t13-,20+;13-,20-/m10/s1. The first-order chi connectivity index (χ1) is 27.6. The molecule has 4 amide bonds. The van der Waals surface area contributed by atoms with Gasteiger partial charge in [0.15, 0.2) is 23.0 Å². The van der Waals surface area contributed by atoms with E-state index in [9.17, 15) is 39.6 Å². The highest BCUT2D eigenvalue weighted by Gasteiger charge is 2.43. The minimum atomic E-state index is -1.69. The van der Waals surface area contributed by atoms with E-state index in [0.717, 1.165) is 11.1 Å². The van der Waals surface area contributed by atoms with Gasteiger partial charge in [0.1, 0.15) is 0 Å². The number of nitrogens with two attached hydrogens (primary N) is 2. The van der Waals surface area contributed by atoms with Gasteiger partial charge in [-0.2, -0.15) is 10.2 Å². The number of carbonyl (C=O) groups excluding carboxylic acids is 4. The van der Waals surface area contributed by atoms with Crippen molar-refractivity contribution in [2.45, 2.75) is 74.8 Å². The van der Waals surface area contributed by atoms with Crippen molar-refractivity contribution < 1.29 is 39.6 Å². The molecule has 8 N–H and O–H groups in total. The van der Waals surface area contributed by atoms with E-state index in [0.29, 0.717) is 85.8 Å². The predicted molar refractivity (Wildman–Crippen MR) is 204 cm³/mol. The lowest BCUT2D eigenvalue weighted by molar-refractivity contribution is -0.138. The highest BCUT2D eigenvalue weighted by atomic mass is 16.3. The van der Waals surface area contributed by atoms with Gasteiger partial charge in [-0.1, -0.05) is 23.7 Å². The third-order valence-corrected chi connectivity index (χ3v) is 10.7. The third kappa shape index (κ3) is 7.65. The van der Waals surface area contributed by atoms with E-state index in [2.05, 4.69) is 43.8 Å². The number of aromatic nitrogens is 6. The van der Waals surface area contributed by atoms with Crippen LogP contribution in [0.4, 0.5) is 0 Å². The zero-order valence-electron chi connectivity index (χ0n) is 31.8. The van der Waals surface area contributed by atoms with Crippen LogP contribution in [0.2, 0.25) is 0 Å². The van der Waals surface area contributed by atoms with E-state index in [1.165, 1.54) is 31.6 Å². The second-order valence-corrected chi connectivity index (χ2v) is 14.9. The number of nitrogens with zero attached hydrogens (tertiary/aromatic N) is 8. The summed E-state index contributed by atoms with van der Waals surface area (Å²) in [6, 6.07) is 6.61. The van der Waals surface area contributed by atoms with Crippen LogP contribution in [0.5, 0.6) is 0 Å². The molecule has 0 aromatic carbocycles. The summed E-state index contributed by atoms with van der Waals surface area (Å²) in [4.78, 5) is 59.2. The van der Waals surface area contributed by atoms with Crippen molar-refractivity contribution in [2.24, 2.45) is 11.5 Å². The van der Waals surface area contributed by atoms with Crippen LogP contribution in [0.15, 0.2) is 36.7 Å². The first-order valence-electron chi connectivity index (χ1n) is 18.7. The molecule has 18 nitrogen and oxygen atoms in total. The van der Waals surface area contributed by atoms with Crippen molar-refractivity contribution in [2.75, 3.05) is 27.2 Å². The zero-order valence-corrected chi connectivity index (χ0v) is 31.8. The van der Waals surface area contributed by atoms with Gasteiger partial charge in [0.25, 0.3) is 23.6 Å². The normalized spacial score (nSPS) is 23.5. The first-order valence-corrected chi connectivity index (χ1v) is 18.7. The van der Waals surface area contributed by atoms with E-state index in [-0.39, 0.29) is 24.2 Å². The monoisotopic (exact) mass is 790 g/mol. The SMILES string of the molecule is CN1CC[C@@](O)(C#Cc2ccnc(-n3nc(C(N)=O)c4c3C[C@@H](O)CC4)c2)C1=O.CN1CC[C@@](O)(C#Cc2ccnc(-n3nc(C(N)=O)c4c3C[C@H](O)CC4)c2)C1=O. The molecule has 2 saturated heterocycles. The predicted octanol–water partition coefficient (Wildman–Crippen LogP) is -1.68. The average molecular weight is 791 g/mol. The highest BCUT2D eigenvalue weighted by molar-refractivity contribution is 5.93. The van der Waals surface area contributed by atoms with Gasteiger partial charge in [-0.15, -0.1) is 0 Å². The van der Waals surface area contributed by atoms with E-state index < -0.39 is 47.0 Å². The maximum absolute atomic E-state index is 12.1. The van der Waals surface area contributed by atoms with Crippen LogP contribution in [0.3, 0.4) is 0 Å². The lowest BCUT2D eigenvalue weighted by Crippen LogP contribution is -2.37. The number of likely N-dealkylation sites (N-methyl/N-ethyl adjacent to an activating group) is 2. The second kappa shape index (κ2) is 15.5. The lowest BCUT2D eigenvalue weighted by Gasteiger charge is -2.18. The van der Waals surface area contributed by atoms with E-state index >= 15 is 0 Å². The number of carbonyl (C=O) groups is 4. The molecular weight excluding hydrogens is 749 g/mol. The van der Waals surface area contributed by atoms with Crippen LogP contribution in [0, 0.1) is 23.7 Å². The molecule has 4 atom stereocenters. The summed E-state index contributed by atoms with van der Waals surface area (Å²) in [7, 11) is 3.25. The van der Waals surface area contributed by atoms with Crippen molar-refractivity contribution in [3.8, 4) is 35.3 Å². The molecule has 2 aliphatic carbocycles. The first kappa shape index (κ1) is 39.8. The Bertz CT molecular complexity index is 2300. The van der Waals surface area contributed by atoms with Gasteiger partial charge in [-0.05, 0) is 49.9 Å². The largest absolute Gasteiger partial charge is 0.393 e. The summed E-state index contributed by atoms with van der Waals surface area (Å²) in [5.41, 5.74) is 11.8. The summed E-state index contributed by atoms with van der Waals surface area (Å²) < 4.78 is 3.01. The van der Waals surface area contributed by atoms with Crippen LogP contribution in [0.1, 0.15) is 80.3 Å². The van der Waals surface area contributed by atoms with Gasteiger partial charge >= 0.3 is 0 Å². The molecule has 4 aliphatic rings. The molecule has 58 heavy (non-hydrogen) atoms. The van der Waals surface area contributed by atoms with E-state index in [4.69, 9.17) is 11.5 Å². The summed E-state index contributed by atoms with van der Waals surface area (Å²) in [5, 5.41) is 49.6. The number of rotatable bonds is 4. The zero-order chi connectivity index (χ0) is 41.5. The molecule has 300 valence electrons. The Morgan fingerprint density at radius 3 is 1.47 bits per heavy atom. The van der Waals surface area contributed by atoms with Crippen molar-refractivity contribution in [3.63, 3.8) is 0 Å². The molecule has 2 aliphatic heterocycles. The fourth-order valence-electron chi connectivity index (χ4n) is 7.48. The Morgan fingerprint density at radius 1 is 0.724 bits per heavy atom. The van der Waals surface area contributed by atoms with E-state index in [1.54, 1.807) is 38.4 Å². The smallest absolute Gasteiger partial charge is 0.269 e. The molecule has 6 heterocycles. The quantitative estimate of drug-likeness (QED) is 0.127. The van der Waals surface area contributed by atoms with Crippen molar-refractivity contribution in [3.05, 3.63) is 81.7 Å². The molecule has 0 spiro atoms. The van der Waals surface area contributed by atoms with Gasteiger partial charge in [-0.25, -0.2) is 19.3 Å². The third-order valence-electron chi connectivity index (χ3n) is 10.7. The summed E-state index contributed by atoms with van der Waals surface area (Å²) in [6.07, 6.45) is 5.29. The minimum absolute atomic E-state index is 0.180. The van der Waals surface area contributed by atoms with Gasteiger partial charge in [0, 0.05) is 87.5 Å². The molecule has 8 rings (SSSR count). The maximum Gasteiger partial charge on any atom is 0.269 e. The maximum atomic E-state index is 12.1. The van der Waals surface area contributed by atoms with Crippen LogP contribution in [-0.4, -0.2) is 134 Å². The topological polar surface area (TPSA) is 269 Å². The number of amides is 4. The summed E-state index contributed by atoms with van der Waals surface area (Å²) >= 11 is 0. The minimum Gasteiger partial charge on any atom is -0.393 e. The molecule has 0 bridgehead atoms. The van der Waals surface area contributed by atoms with Crippen LogP contribution in [0.25, 0.3) is 11.6 Å². The van der Waals surface area contributed by atoms with Crippen molar-refractivity contribution in [1.82, 2.24) is 39.3 Å². The number of aliphatic hydroxyl groups is 4. The number of pyridine rings is 2. The van der Waals surface area contributed by atoms with Crippen molar-refractivity contribution >= 4 is 23.6 Å².